The Morgan fingerprint density at radius 1 is 1.42 bits per heavy atom. The standard InChI is InChI=1S/C13H14N4OS/c1-7-16-12-10(11-14-6-15-17(7)11)8-4-13(2,3)19-5-9(8)18-12/h6H,4-5H2,1-3H3. The Balaban J connectivity index is 2.12. The lowest BCUT2D eigenvalue weighted by Crippen LogP contribution is -2.22. The maximum Gasteiger partial charge on any atom is 0.232 e. The molecule has 0 amide bonds. The molecule has 4 heterocycles. The molecule has 0 fully saturated rings. The second-order valence-electron chi connectivity index (χ2n) is 5.56. The number of furan rings is 1. The third-order valence-corrected chi connectivity index (χ3v) is 4.94. The maximum absolute atomic E-state index is 5.93. The van der Waals surface area contributed by atoms with Gasteiger partial charge >= 0.3 is 0 Å². The van der Waals surface area contributed by atoms with Crippen LogP contribution in [0.1, 0.15) is 31.0 Å². The van der Waals surface area contributed by atoms with Crippen LogP contribution >= 0.6 is 11.8 Å². The first-order valence-electron chi connectivity index (χ1n) is 6.30. The van der Waals surface area contributed by atoms with Gasteiger partial charge in [0.15, 0.2) is 5.65 Å². The van der Waals surface area contributed by atoms with Crippen LogP contribution in [0, 0.1) is 6.92 Å². The van der Waals surface area contributed by atoms with Gasteiger partial charge in [-0.25, -0.2) is 4.98 Å². The smallest absolute Gasteiger partial charge is 0.232 e. The molecule has 0 aliphatic carbocycles. The highest BCUT2D eigenvalue weighted by molar-refractivity contribution is 7.99. The highest BCUT2D eigenvalue weighted by Crippen LogP contribution is 2.42. The molecule has 0 bridgehead atoms. The van der Waals surface area contributed by atoms with E-state index in [9.17, 15) is 0 Å². The van der Waals surface area contributed by atoms with E-state index in [1.807, 2.05) is 18.7 Å². The van der Waals surface area contributed by atoms with E-state index < -0.39 is 0 Å². The summed E-state index contributed by atoms with van der Waals surface area (Å²) in [6.07, 6.45) is 2.55. The number of nitrogens with zero attached hydrogens (tertiary/aromatic N) is 4. The number of rotatable bonds is 0. The van der Waals surface area contributed by atoms with Gasteiger partial charge in [0.05, 0.1) is 11.1 Å². The molecule has 6 heteroatoms. The molecular weight excluding hydrogens is 260 g/mol. The quantitative estimate of drug-likeness (QED) is 0.631. The van der Waals surface area contributed by atoms with Gasteiger partial charge in [-0.15, -0.1) is 11.8 Å². The van der Waals surface area contributed by atoms with E-state index >= 15 is 0 Å². The molecule has 1 aliphatic heterocycles. The summed E-state index contributed by atoms with van der Waals surface area (Å²) in [5.41, 5.74) is 2.81. The average Bonchev–Trinajstić information content (AvgIpc) is 2.91. The Bertz CT molecular complexity index is 802. The van der Waals surface area contributed by atoms with Crippen molar-refractivity contribution in [1.82, 2.24) is 19.6 Å². The van der Waals surface area contributed by atoms with Crippen LogP contribution in [-0.2, 0) is 12.2 Å². The van der Waals surface area contributed by atoms with E-state index in [0.717, 1.165) is 34.8 Å². The van der Waals surface area contributed by atoms with Crippen LogP contribution in [0.15, 0.2) is 10.7 Å². The third-order valence-electron chi connectivity index (χ3n) is 3.61. The fourth-order valence-corrected chi connectivity index (χ4v) is 3.69. The highest BCUT2D eigenvalue weighted by atomic mass is 32.2. The summed E-state index contributed by atoms with van der Waals surface area (Å²) in [7, 11) is 0. The number of thioether (sulfide) groups is 1. The van der Waals surface area contributed by atoms with Gasteiger partial charge < -0.3 is 4.42 Å². The molecule has 1 aliphatic rings. The van der Waals surface area contributed by atoms with Gasteiger partial charge in [-0.3, -0.25) is 0 Å². The van der Waals surface area contributed by atoms with Gasteiger partial charge in [0.1, 0.15) is 17.9 Å². The van der Waals surface area contributed by atoms with E-state index in [2.05, 4.69) is 28.9 Å². The van der Waals surface area contributed by atoms with Crippen LogP contribution in [0.5, 0.6) is 0 Å². The molecule has 0 spiro atoms. The average molecular weight is 274 g/mol. The predicted octanol–water partition coefficient (Wildman–Crippen LogP) is 2.75. The first-order valence-corrected chi connectivity index (χ1v) is 7.28. The van der Waals surface area contributed by atoms with Gasteiger partial charge in [-0.1, -0.05) is 13.8 Å². The fraction of sp³-hybridized carbons (Fsp3) is 0.462. The second kappa shape index (κ2) is 3.50. The summed E-state index contributed by atoms with van der Waals surface area (Å²) >= 11 is 1.93. The number of fused-ring (bicyclic) bond motifs is 5. The predicted molar refractivity (Wildman–Crippen MR) is 74.4 cm³/mol. The lowest BCUT2D eigenvalue weighted by atomic mass is 9.99. The third kappa shape index (κ3) is 1.52. The molecule has 0 atom stereocenters. The zero-order chi connectivity index (χ0) is 13.2. The Morgan fingerprint density at radius 3 is 3.11 bits per heavy atom. The first kappa shape index (κ1) is 11.3. The number of hydrogen-bond donors (Lipinski definition) is 0. The van der Waals surface area contributed by atoms with E-state index in [0.29, 0.717) is 5.71 Å². The summed E-state index contributed by atoms with van der Waals surface area (Å²) in [4.78, 5) is 8.89. The fourth-order valence-electron chi connectivity index (χ4n) is 2.69. The zero-order valence-electron chi connectivity index (χ0n) is 11.1. The minimum atomic E-state index is 0.228. The Hall–Kier alpha value is -1.56. The minimum Gasteiger partial charge on any atom is -0.441 e. The molecule has 0 saturated heterocycles. The lowest BCUT2D eigenvalue weighted by molar-refractivity contribution is 0.541. The van der Waals surface area contributed by atoms with Crippen molar-refractivity contribution in [2.24, 2.45) is 0 Å². The molecule has 0 saturated carbocycles. The topological polar surface area (TPSA) is 56.2 Å². The number of aryl methyl sites for hydroxylation is 1. The molecule has 0 aromatic carbocycles. The van der Waals surface area contributed by atoms with E-state index in [1.165, 1.54) is 5.56 Å². The molecule has 3 aromatic heterocycles. The number of aromatic nitrogens is 4. The molecule has 0 unspecified atom stereocenters. The highest BCUT2D eigenvalue weighted by Gasteiger charge is 2.31. The Labute approximate surface area is 114 Å². The van der Waals surface area contributed by atoms with Crippen LogP contribution in [0.2, 0.25) is 0 Å². The summed E-state index contributed by atoms with van der Waals surface area (Å²) in [6, 6.07) is 0. The van der Waals surface area contributed by atoms with Crippen LogP contribution in [-0.4, -0.2) is 24.3 Å². The number of hydrogen-bond acceptors (Lipinski definition) is 5. The normalized spacial score (nSPS) is 18.1. The van der Waals surface area contributed by atoms with E-state index in [4.69, 9.17) is 4.42 Å². The first-order chi connectivity index (χ1) is 9.05. The molecule has 3 aromatic rings. The molecular formula is C13H14N4OS. The van der Waals surface area contributed by atoms with Crippen LogP contribution in [0.25, 0.3) is 16.7 Å². The van der Waals surface area contributed by atoms with Gasteiger partial charge in [0, 0.05) is 10.3 Å². The van der Waals surface area contributed by atoms with Crippen molar-refractivity contribution in [2.75, 3.05) is 0 Å². The molecule has 19 heavy (non-hydrogen) atoms. The van der Waals surface area contributed by atoms with Crippen LogP contribution in [0.4, 0.5) is 0 Å². The van der Waals surface area contributed by atoms with Crippen LogP contribution in [0.3, 0.4) is 0 Å². The van der Waals surface area contributed by atoms with Gasteiger partial charge in [0.2, 0.25) is 5.71 Å². The Morgan fingerprint density at radius 2 is 2.26 bits per heavy atom. The zero-order valence-corrected chi connectivity index (χ0v) is 11.9. The summed E-state index contributed by atoms with van der Waals surface area (Å²) < 4.78 is 7.94. The summed E-state index contributed by atoms with van der Waals surface area (Å²) in [5.74, 6) is 2.75. The maximum atomic E-state index is 5.93. The molecule has 0 N–H and O–H groups in total. The Kier molecular flexibility index (Phi) is 2.08. The molecule has 5 nitrogen and oxygen atoms in total. The van der Waals surface area contributed by atoms with Crippen molar-refractivity contribution in [2.45, 2.75) is 37.7 Å². The summed E-state index contributed by atoms with van der Waals surface area (Å²) in [6.45, 7) is 6.45. The van der Waals surface area contributed by atoms with Crippen molar-refractivity contribution in [3.8, 4) is 0 Å². The largest absolute Gasteiger partial charge is 0.441 e. The minimum absolute atomic E-state index is 0.228. The van der Waals surface area contributed by atoms with Crippen molar-refractivity contribution >= 4 is 28.5 Å². The van der Waals surface area contributed by atoms with E-state index in [1.54, 1.807) is 10.8 Å². The van der Waals surface area contributed by atoms with Gasteiger partial charge in [-0.2, -0.15) is 14.6 Å². The molecule has 98 valence electrons. The second-order valence-corrected chi connectivity index (χ2v) is 7.25. The van der Waals surface area contributed by atoms with Crippen molar-refractivity contribution in [1.29, 1.82) is 0 Å². The molecule has 0 radical (unpaired) electrons. The van der Waals surface area contributed by atoms with Gasteiger partial charge in [0.25, 0.3) is 0 Å². The van der Waals surface area contributed by atoms with Crippen molar-refractivity contribution < 1.29 is 4.42 Å². The SMILES string of the molecule is Cc1nc2oc3c(c2c2ncnn12)CC(C)(C)SC3. The van der Waals surface area contributed by atoms with Crippen molar-refractivity contribution in [3.05, 3.63) is 23.5 Å². The molecule has 4 rings (SSSR count). The van der Waals surface area contributed by atoms with Gasteiger partial charge in [-0.05, 0) is 13.3 Å². The van der Waals surface area contributed by atoms with Crippen LogP contribution < -0.4 is 0 Å². The summed E-state index contributed by atoms with van der Waals surface area (Å²) in [5, 5.41) is 5.26. The van der Waals surface area contributed by atoms with E-state index in [-0.39, 0.29) is 4.75 Å². The monoisotopic (exact) mass is 274 g/mol. The van der Waals surface area contributed by atoms with Crippen molar-refractivity contribution in [3.63, 3.8) is 0 Å². The lowest BCUT2D eigenvalue weighted by Gasteiger charge is -2.27.